The monoisotopic (exact) mass is 272 g/mol. The zero-order valence-corrected chi connectivity index (χ0v) is 11.6. The van der Waals surface area contributed by atoms with E-state index in [4.69, 9.17) is 0 Å². The van der Waals surface area contributed by atoms with Gasteiger partial charge in [-0.3, -0.25) is 4.79 Å². The first-order valence-electron chi connectivity index (χ1n) is 6.52. The second kappa shape index (κ2) is 5.87. The minimum absolute atomic E-state index is 0.367. The topological polar surface area (TPSA) is 37.3 Å². The summed E-state index contributed by atoms with van der Waals surface area (Å²) in [5, 5.41) is 9.42. The van der Waals surface area contributed by atoms with Crippen LogP contribution in [0.1, 0.15) is 28.2 Å². The van der Waals surface area contributed by atoms with Crippen LogP contribution >= 0.6 is 0 Å². The van der Waals surface area contributed by atoms with Gasteiger partial charge in [0.1, 0.15) is 5.82 Å². The number of aliphatic carboxylic acids is 1. The number of carboxylic acid groups (broad SMARTS) is 1. The molecule has 1 atom stereocenters. The van der Waals surface area contributed by atoms with E-state index in [2.05, 4.69) is 0 Å². The summed E-state index contributed by atoms with van der Waals surface area (Å²) in [6, 6.07) is 11.8. The van der Waals surface area contributed by atoms with Crippen molar-refractivity contribution in [3.8, 4) is 0 Å². The molecule has 2 aromatic carbocycles. The minimum atomic E-state index is -0.934. The molecule has 0 heterocycles. The van der Waals surface area contributed by atoms with Crippen molar-refractivity contribution in [1.29, 1.82) is 0 Å². The first-order chi connectivity index (χ1) is 9.47. The number of benzene rings is 2. The van der Waals surface area contributed by atoms with Crippen LogP contribution in [0.4, 0.5) is 4.39 Å². The molecule has 0 radical (unpaired) electrons. The van der Waals surface area contributed by atoms with Crippen LogP contribution in [0.3, 0.4) is 0 Å². The highest BCUT2D eigenvalue weighted by atomic mass is 19.1. The Kier molecular flexibility index (Phi) is 4.18. The Morgan fingerprint density at radius 2 is 1.95 bits per heavy atom. The van der Waals surface area contributed by atoms with Gasteiger partial charge in [-0.1, -0.05) is 35.9 Å². The summed E-state index contributed by atoms with van der Waals surface area (Å²) in [5.41, 5.74) is 3.63. The third kappa shape index (κ3) is 3.23. The van der Waals surface area contributed by atoms with Gasteiger partial charge in [0, 0.05) is 0 Å². The van der Waals surface area contributed by atoms with E-state index in [-0.39, 0.29) is 0 Å². The summed E-state index contributed by atoms with van der Waals surface area (Å²) in [6.07, 6.45) is 0.367. The summed E-state index contributed by atoms with van der Waals surface area (Å²) in [6.45, 7) is 3.93. The third-order valence-corrected chi connectivity index (χ3v) is 3.48. The Labute approximate surface area is 117 Å². The Hall–Kier alpha value is -2.16. The average Bonchev–Trinajstić information content (AvgIpc) is 2.39. The van der Waals surface area contributed by atoms with Gasteiger partial charge in [-0.25, -0.2) is 4.39 Å². The van der Waals surface area contributed by atoms with Gasteiger partial charge < -0.3 is 5.11 Å². The maximum absolute atomic E-state index is 13.3. The SMILES string of the molecule is Cc1ccc(C)c(CC(C(=O)O)c2cccc(F)c2)c1. The number of rotatable bonds is 4. The molecule has 1 unspecified atom stereocenters. The van der Waals surface area contributed by atoms with E-state index < -0.39 is 17.7 Å². The van der Waals surface area contributed by atoms with Gasteiger partial charge in [-0.2, -0.15) is 0 Å². The van der Waals surface area contributed by atoms with Crippen LogP contribution in [-0.4, -0.2) is 11.1 Å². The van der Waals surface area contributed by atoms with Crippen molar-refractivity contribution in [2.75, 3.05) is 0 Å². The number of hydrogen-bond acceptors (Lipinski definition) is 1. The van der Waals surface area contributed by atoms with Crippen LogP contribution in [0.25, 0.3) is 0 Å². The van der Waals surface area contributed by atoms with E-state index in [0.717, 1.165) is 16.7 Å². The normalized spacial score (nSPS) is 12.2. The first-order valence-corrected chi connectivity index (χ1v) is 6.52. The number of carboxylic acids is 1. The van der Waals surface area contributed by atoms with Crippen LogP contribution in [0, 0.1) is 19.7 Å². The molecule has 0 aliphatic heterocycles. The summed E-state index contributed by atoms with van der Waals surface area (Å²) < 4.78 is 13.3. The lowest BCUT2D eigenvalue weighted by Gasteiger charge is -2.15. The van der Waals surface area contributed by atoms with Gasteiger partial charge in [-0.05, 0) is 49.1 Å². The van der Waals surface area contributed by atoms with Crippen molar-refractivity contribution in [3.05, 3.63) is 70.5 Å². The molecule has 3 heteroatoms. The molecule has 0 fully saturated rings. The molecule has 0 saturated carbocycles. The summed E-state index contributed by atoms with van der Waals surface area (Å²) >= 11 is 0. The van der Waals surface area contributed by atoms with E-state index in [1.54, 1.807) is 12.1 Å². The Morgan fingerprint density at radius 3 is 2.60 bits per heavy atom. The second-order valence-corrected chi connectivity index (χ2v) is 5.08. The van der Waals surface area contributed by atoms with Crippen molar-refractivity contribution in [2.24, 2.45) is 0 Å². The Balaban J connectivity index is 2.35. The molecular formula is C17H17FO2. The summed E-state index contributed by atoms with van der Waals surface area (Å²) in [7, 11) is 0. The molecule has 0 bridgehead atoms. The molecular weight excluding hydrogens is 255 g/mol. The number of halogens is 1. The lowest BCUT2D eigenvalue weighted by Crippen LogP contribution is -2.15. The van der Waals surface area contributed by atoms with E-state index >= 15 is 0 Å². The number of carbonyl (C=O) groups is 1. The molecule has 0 aliphatic carbocycles. The molecule has 1 N–H and O–H groups in total. The highest BCUT2D eigenvalue weighted by Crippen LogP contribution is 2.24. The van der Waals surface area contributed by atoms with Crippen molar-refractivity contribution in [2.45, 2.75) is 26.2 Å². The highest BCUT2D eigenvalue weighted by Gasteiger charge is 2.21. The third-order valence-electron chi connectivity index (χ3n) is 3.48. The summed E-state index contributed by atoms with van der Waals surface area (Å²) in [4.78, 5) is 11.5. The molecule has 2 nitrogen and oxygen atoms in total. The fourth-order valence-electron chi connectivity index (χ4n) is 2.31. The largest absolute Gasteiger partial charge is 0.481 e. The van der Waals surface area contributed by atoms with E-state index in [1.165, 1.54) is 12.1 Å². The predicted octanol–water partition coefficient (Wildman–Crippen LogP) is 3.85. The quantitative estimate of drug-likeness (QED) is 0.917. The smallest absolute Gasteiger partial charge is 0.311 e. The zero-order chi connectivity index (χ0) is 14.7. The van der Waals surface area contributed by atoms with Gasteiger partial charge in [0.05, 0.1) is 5.92 Å². The van der Waals surface area contributed by atoms with E-state index in [0.29, 0.717) is 12.0 Å². The molecule has 0 amide bonds. The van der Waals surface area contributed by atoms with E-state index in [1.807, 2.05) is 32.0 Å². The maximum atomic E-state index is 13.3. The van der Waals surface area contributed by atoms with Crippen molar-refractivity contribution >= 4 is 5.97 Å². The standard InChI is InChI=1S/C17H17FO2/c1-11-6-7-12(2)14(8-11)10-16(17(19)20)13-4-3-5-15(18)9-13/h3-9,16H,10H2,1-2H3,(H,19,20). The molecule has 20 heavy (non-hydrogen) atoms. The van der Waals surface area contributed by atoms with Crippen LogP contribution < -0.4 is 0 Å². The predicted molar refractivity (Wildman–Crippen MR) is 76.4 cm³/mol. The molecule has 0 saturated heterocycles. The molecule has 104 valence electrons. The van der Waals surface area contributed by atoms with Crippen molar-refractivity contribution < 1.29 is 14.3 Å². The minimum Gasteiger partial charge on any atom is -0.481 e. The fourth-order valence-corrected chi connectivity index (χ4v) is 2.31. The number of hydrogen-bond donors (Lipinski definition) is 1. The fraction of sp³-hybridized carbons (Fsp3) is 0.235. The Bertz CT molecular complexity index is 635. The Morgan fingerprint density at radius 1 is 1.20 bits per heavy atom. The maximum Gasteiger partial charge on any atom is 0.311 e. The lowest BCUT2D eigenvalue weighted by molar-refractivity contribution is -0.138. The van der Waals surface area contributed by atoms with Crippen LogP contribution in [0.2, 0.25) is 0 Å². The van der Waals surface area contributed by atoms with Crippen molar-refractivity contribution in [3.63, 3.8) is 0 Å². The molecule has 0 aliphatic rings. The van der Waals surface area contributed by atoms with E-state index in [9.17, 15) is 14.3 Å². The van der Waals surface area contributed by atoms with Gasteiger partial charge in [0.25, 0.3) is 0 Å². The summed E-state index contributed by atoms with van der Waals surface area (Å²) in [5.74, 6) is -2.07. The lowest BCUT2D eigenvalue weighted by atomic mass is 9.89. The van der Waals surface area contributed by atoms with Crippen molar-refractivity contribution in [1.82, 2.24) is 0 Å². The van der Waals surface area contributed by atoms with Crippen LogP contribution in [0.5, 0.6) is 0 Å². The molecule has 0 aromatic heterocycles. The molecule has 2 aromatic rings. The molecule has 2 rings (SSSR count). The molecule has 0 spiro atoms. The van der Waals surface area contributed by atoms with Gasteiger partial charge in [0.15, 0.2) is 0 Å². The number of aryl methyl sites for hydroxylation is 2. The van der Waals surface area contributed by atoms with Gasteiger partial charge in [-0.15, -0.1) is 0 Å². The first kappa shape index (κ1) is 14.3. The highest BCUT2D eigenvalue weighted by molar-refractivity contribution is 5.76. The average molecular weight is 272 g/mol. The van der Waals surface area contributed by atoms with Crippen LogP contribution in [0.15, 0.2) is 42.5 Å². The van der Waals surface area contributed by atoms with Gasteiger partial charge in [0.2, 0.25) is 0 Å². The van der Waals surface area contributed by atoms with Gasteiger partial charge >= 0.3 is 5.97 Å². The zero-order valence-electron chi connectivity index (χ0n) is 11.6. The second-order valence-electron chi connectivity index (χ2n) is 5.08. The van der Waals surface area contributed by atoms with Crippen LogP contribution in [-0.2, 0) is 11.2 Å².